The average Bonchev–Trinajstić information content (AvgIpc) is 2.92. The molecule has 1 aliphatic carbocycles. The summed E-state index contributed by atoms with van der Waals surface area (Å²) in [5.41, 5.74) is 0.511. The van der Waals surface area contributed by atoms with Gasteiger partial charge in [-0.1, -0.05) is 13.8 Å². The van der Waals surface area contributed by atoms with E-state index < -0.39 is 5.97 Å². The molecular formula is C12H23NO2. The molecule has 0 amide bonds. The maximum Gasteiger partial charge on any atom is 0.303 e. The van der Waals surface area contributed by atoms with Crippen LogP contribution in [-0.4, -0.2) is 23.7 Å². The summed E-state index contributed by atoms with van der Waals surface area (Å²) in [6.45, 7) is 7.66. The second-order valence-electron chi connectivity index (χ2n) is 5.23. The number of hydrogen-bond acceptors (Lipinski definition) is 2. The minimum absolute atomic E-state index is 0.267. The third-order valence-electron chi connectivity index (χ3n) is 3.71. The average molecular weight is 213 g/mol. The first-order valence-corrected chi connectivity index (χ1v) is 5.91. The molecule has 3 nitrogen and oxygen atoms in total. The Kier molecular flexibility index (Phi) is 4.14. The van der Waals surface area contributed by atoms with Gasteiger partial charge in [0.15, 0.2) is 0 Å². The molecule has 0 heterocycles. The fourth-order valence-corrected chi connectivity index (χ4v) is 1.94. The summed E-state index contributed by atoms with van der Waals surface area (Å²) < 4.78 is 0. The van der Waals surface area contributed by atoms with E-state index in [1.54, 1.807) is 0 Å². The van der Waals surface area contributed by atoms with E-state index in [0.29, 0.717) is 11.5 Å². The van der Waals surface area contributed by atoms with Crippen LogP contribution in [0.1, 0.15) is 46.5 Å². The van der Waals surface area contributed by atoms with Crippen LogP contribution in [0, 0.1) is 11.3 Å². The van der Waals surface area contributed by atoms with Crippen LogP contribution in [0.4, 0.5) is 0 Å². The number of hydrogen-bond donors (Lipinski definition) is 2. The van der Waals surface area contributed by atoms with Crippen LogP contribution in [0.2, 0.25) is 0 Å². The third-order valence-corrected chi connectivity index (χ3v) is 3.71. The molecule has 0 bridgehead atoms. The van der Waals surface area contributed by atoms with Crippen molar-refractivity contribution in [3.63, 3.8) is 0 Å². The molecule has 1 unspecified atom stereocenters. The summed E-state index contributed by atoms with van der Waals surface area (Å²) in [6.07, 6.45) is 3.64. The van der Waals surface area contributed by atoms with Gasteiger partial charge in [-0.25, -0.2) is 0 Å². The minimum Gasteiger partial charge on any atom is -0.481 e. The van der Waals surface area contributed by atoms with E-state index in [0.717, 1.165) is 18.9 Å². The highest BCUT2D eigenvalue weighted by molar-refractivity contribution is 5.66. The van der Waals surface area contributed by atoms with Crippen molar-refractivity contribution in [2.75, 3.05) is 6.54 Å². The van der Waals surface area contributed by atoms with Crippen LogP contribution in [0.3, 0.4) is 0 Å². The van der Waals surface area contributed by atoms with E-state index >= 15 is 0 Å². The number of carboxylic acid groups (broad SMARTS) is 1. The van der Waals surface area contributed by atoms with Crippen molar-refractivity contribution in [3.8, 4) is 0 Å². The lowest BCUT2D eigenvalue weighted by atomic mass is 9.92. The Morgan fingerprint density at radius 3 is 2.40 bits per heavy atom. The molecule has 1 fully saturated rings. The Balaban J connectivity index is 2.17. The zero-order valence-electron chi connectivity index (χ0n) is 10.0. The molecule has 0 spiro atoms. The molecule has 1 aliphatic rings. The summed E-state index contributed by atoms with van der Waals surface area (Å²) in [7, 11) is 0. The Labute approximate surface area is 92.3 Å². The first-order valence-electron chi connectivity index (χ1n) is 5.91. The van der Waals surface area contributed by atoms with E-state index in [1.165, 1.54) is 12.8 Å². The van der Waals surface area contributed by atoms with Gasteiger partial charge in [-0.05, 0) is 37.5 Å². The van der Waals surface area contributed by atoms with Crippen molar-refractivity contribution < 1.29 is 9.90 Å². The van der Waals surface area contributed by atoms with Crippen molar-refractivity contribution in [2.45, 2.75) is 52.5 Å². The van der Waals surface area contributed by atoms with Gasteiger partial charge in [-0.15, -0.1) is 0 Å². The number of rotatable bonds is 7. The molecule has 0 aromatic heterocycles. The minimum atomic E-state index is -0.700. The number of nitrogens with one attached hydrogen (secondary N) is 1. The van der Waals surface area contributed by atoms with Gasteiger partial charge in [0.25, 0.3) is 0 Å². The van der Waals surface area contributed by atoms with Gasteiger partial charge < -0.3 is 10.4 Å². The lowest BCUT2D eigenvalue weighted by Crippen LogP contribution is -2.34. The Bertz CT molecular complexity index is 222. The molecule has 0 aromatic carbocycles. The number of aliphatic carboxylic acids is 1. The van der Waals surface area contributed by atoms with Gasteiger partial charge in [0.2, 0.25) is 0 Å². The van der Waals surface area contributed by atoms with Crippen molar-refractivity contribution in [1.29, 1.82) is 0 Å². The van der Waals surface area contributed by atoms with Crippen LogP contribution in [0.5, 0.6) is 0 Å². The zero-order valence-corrected chi connectivity index (χ0v) is 10.0. The fraction of sp³-hybridized carbons (Fsp3) is 0.917. The summed E-state index contributed by atoms with van der Waals surface area (Å²) in [6, 6.07) is 0.317. The predicted octanol–water partition coefficient (Wildman–Crippen LogP) is 2.27. The standard InChI is InChI=1S/C12H23NO2/c1-9(2)12(6-7-12)8-13-10(3)4-5-11(14)15/h9-10,13H,4-8H2,1-3H3,(H,14,15). The highest BCUT2D eigenvalue weighted by Gasteiger charge is 2.44. The molecule has 1 atom stereocenters. The first-order chi connectivity index (χ1) is 6.96. The van der Waals surface area contributed by atoms with E-state index in [9.17, 15) is 4.79 Å². The van der Waals surface area contributed by atoms with Crippen molar-refractivity contribution >= 4 is 5.97 Å². The topological polar surface area (TPSA) is 49.3 Å². The molecule has 1 saturated carbocycles. The fourth-order valence-electron chi connectivity index (χ4n) is 1.94. The van der Waals surface area contributed by atoms with Gasteiger partial charge in [-0.2, -0.15) is 0 Å². The highest BCUT2D eigenvalue weighted by Crippen LogP contribution is 2.51. The second kappa shape index (κ2) is 4.97. The summed E-state index contributed by atoms with van der Waals surface area (Å²) in [5.74, 6) is 0.0327. The van der Waals surface area contributed by atoms with Gasteiger partial charge in [-0.3, -0.25) is 4.79 Å². The van der Waals surface area contributed by atoms with E-state index in [1.807, 2.05) is 0 Å². The number of carbonyl (C=O) groups is 1. The molecule has 3 heteroatoms. The summed E-state index contributed by atoms with van der Waals surface area (Å²) >= 11 is 0. The van der Waals surface area contributed by atoms with Crippen molar-refractivity contribution in [3.05, 3.63) is 0 Å². The first kappa shape index (κ1) is 12.5. The normalized spacial score (nSPS) is 20.3. The van der Waals surface area contributed by atoms with Gasteiger partial charge in [0.05, 0.1) is 0 Å². The van der Waals surface area contributed by atoms with Crippen LogP contribution < -0.4 is 5.32 Å². The molecule has 0 radical (unpaired) electrons. The third kappa shape index (κ3) is 3.82. The maximum atomic E-state index is 10.4. The molecular weight excluding hydrogens is 190 g/mol. The quantitative estimate of drug-likeness (QED) is 0.682. The number of carboxylic acids is 1. The van der Waals surface area contributed by atoms with Crippen LogP contribution >= 0.6 is 0 Å². The lowest BCUT2D eigenvalue weighted by molar-refractivity contribution is -0.137. The smallest absolute Gasteiger partial charge is 0.303 e. The monoisotopic (exact) mass is 213 g/mol. The Morgan fingerprint density at radius 1 is 1.40 bits per heavy atom. The molecule has 0 saturated heterocycles. The molecule has 0 aromatic rings. The Hall–Kier alpha value is -0.570. The largest absolute Gasteiger partial charge is 0.481 e. The lowest BCUT2D eigenvalue weighted by Gasteiger charge is -2.22. The predicted molar refractivity (Wildman–Crippen MR) is 60.8 cm³/mol. The summed E-state index contributed by atoms with van der Waals surface area (Å²) in [5, 5.41) is 12.0. The zero-order chi connectivity index (χ0) is 11.5. The summed E-state index contributed by atoms with van der Waals surface area (Å²) in [4.78, 5) is 10.4. The molecule has 88 valence electrons. The maximum absolute atomic E-state index is 10.4. The van der Waals surface area contributed by atoms with E-state index in [4.69, 9.17) is 5.11 Å². The Morgan fingerprint density at radius 2 is 2.00 bits per heavy atom. The SMILES string of the molecule is CC(CCC(=O)O)NCC1(C(C)C)CC1. The van der Waals surface area contributed by atoms with Crippen LogP contribution in [0.25, 0.3) is 0 Å². The highest BCUT2D eigenvalue weighted by atomic mass is 16.4. The van der Waals surface area contributed by atoms with Gasteiger partial charge >= 0.3 is 5.97 Å². The van der Waals surface area contributed by atoms with E-state index in [-0.39, 0.29) is 6.42 Å². The molecule has 15 heavy (non-hydrogen) atoms. The second-order valence-corrected chi connectivity index (χ2v) is 5.23. The van der Waals surface area contributed by atoms with Crippen LogP contribution in [0.15, 0.2) is 0 Å². The van der Waals surface area contributed by atoms with Crippen molar-refractivity contribution in [2.24, 2.45) is 11.3 Å². The molecule has 0 aliphatic heterocycles. The van der Waals surface area contributed by atoms with E-state index in [2.05, 4.69) is 26.1 Å². The van der Waals surface area contributed by atoms with Crippen LogP contribution in [-0.2, 0) is 4.79 Å². The van der Waals surface area contributed by atoms with Crippen molar-refractivity contribution in [1.82, 2.24) is 5.32 Å². The van der Waals surface area contributed by atoms with Gasteiger partial charge in [0, 0.05) is 19.0 Å². The molecule has 2 N–H and O–H groups in total. The van der Waals surface area contributed by atoms with Gasteiger partial charge in [0.1, 0.15) is 0 Å². The molecule has 1 rings (SSSR count).